The largest absolute Gasteiger partial charge is 0.493 e. The van der Waals surface area contributed by atoms with Crippen molar-refractivity contribution in [1.82, 2.24) is 15.0 Å². The highest BCUT2D eigenvalue weighted by molar-refractivity contribution is 7.18. The molecule has 0 radical (unpaired) electrons. The number of aryl methyl sites for hydroxylation is 2. The van der Waals surface area contributed by atoms with Crippen LogP contribution in [0, 0.1) is 13.8 Å². The molecule has 0 aliphatic rings. The first kappa shape index (κ1) is 22.5. The van der Waals surface area contributed by atoms with E-state index < -0.39 is 0 Å². The molecule has 1 amide bonds. The SMILES string of the molecule is COc1cc(/C=C/C(=O)N(C)Cc2nc3ccccc3s2)ccc1OCc1c(C)noc1C. The number of amides is 1. The predicted octanol–water partition coefficient (Wildman–Crippen LogP) is 5.16. The lowest BCUT2D eigenvalue weighted by Gasteiger charge is -2.13. The van der Waals surface area contributed by atoms with Crippen molar-refractivity contribution in [2.75, 3.05) is 14.2 Å². The van der Waals surface area contributed by atoms with Gasteiger partial charge in [-0.15, -0.1) is 11.3 Å². The second kappa shape index (κ2) is 9.87. The van der Waals surface area contributed by atoms with Gasteiger partial charge in [0.15, 0.2) is 11.5 Å². The maximum absolute atomic E-state index is 12.6. The lowest BCUT2D eigenvalue weighted by atomic mass is 10.1. The number of carbonyl (C=O) groups excluding carboxylic acids is 1. The number of hydrogen-bond acceptors (Lipinski definition) is 7. The topological polar surface area (TPSA) is 77.7 Å². The van der Waals surface area contributed by atoms with E-state index in [4.69, 9.17) is 14.0 Å². The number of carbonyl (C=O) groups is 1. The van der Waals surface area contributed by atoms with Crippen LogP contribution in [-0.4, -0.2) is 35.1 Å². The van der Waals surface area contributed by atoms with Crippen LogP contribution in [0.25, 0.3) is 16.3 Å². The van der Waals surface area contributed by atoms with Crippen molar-refractivity contribution in [1.29, 1.82) is 0 Å². The minimum atomic E-state index is -0.105. The number of methoxy groups -OCH3 is 1. The number of ether oxygens (including phenoxy) is 2. The van der Waals surface area contributed by atoms with E-state index in [0.717, 1.165) is 37.8 Å². The van der Waals surface area contributed by atoms with Crippen LogP contribution in [0.15, 0.2) is 53.1 Å². The second-order valence-electron chi connectivity index (χ2n) is 7.60. The summed E-state index contributed by atoms with van der Waals surface area (Å²) in [6.07, 6.45) is 3.31. The molecule has 4 rings (SSSR count). The monoisotopic (exact) mass is 463 g/mol. The molecule has 0 bridgehead atoms. The maximum atomic E-state index is 12.6. The number of hydrogen-bond donors (Lipinski definition) is 0. The standard InChI is InChI=1S/C25H25N3O4S/c1-16-19(17(2)32-27-16)15-31-21-11-9-18(13-22(21)30-4)10-12-25(29)28(3)14-24-26-20-7-5-6-8-23(20)33-24/h5-13H,14-15H2,1-4H3/b12-10+. The first-order chi connectivity index (χ1) is 15.9. The molecule has 4 aromatic rings. The molecule has 0 aliphatic carbocycles. The van der Waals surface area contributed by atoms with Crippen LogP contribution in [0.1, 0.15) is 27.6 Å². The molecule has 8 heteroatoms. The highest BCUT2D eigenvalue weighted by Gasteiger charge is 2.13. The average molecular weight is 464 g/mol. The summed E-state index contributed by atoms with van der Waals surface area (Å²) in [6.45, 7) is 4.53. The van der Waals surface area contributed by atoms with Crippen molar-refractivity contribution >= 4 is 33.5 Å². The zero-order valence-corrected chi connectivity index (χ0v) is 19.8. The van der Waals surface area contributed by atoms with Gasteiger partial charge in [-0.25, -0.2) is 4.98 Å². The molecule has 7 nitrogen and oxygen atoms in total. The molecule has 170 valence electrons. The van der Waals surface area contributed by atoms with Crippen molar-refractivity contribution in [2.45, 2.75) is 27.0 Å². The summed E-state index contributed by atoms with van der Waals surface area (Å²) in [5.41, 5.74) is 3.51. The average Bonchev–Trinajstić information content (AvgIpc) is 3.37. The van der Waals surface area contributed by atoms with Gasteiger partial charge in [-0.1, -0.05) is 23.4 Å². The third kappa shape index (κ3) is 5.23. The fourth-order valence-electron chi connectivity index (χ4n) is 3.33. The smallest absolute Gasteiger partial charge is 0.246 e. The van der Waals surface area contributed by atoms with E-state index in [1.54, 1.807) is 42.5 Å². The minimum absolute atomic E-state index is 0.105. The van der Waals surface area contributed by atoms with Gasteiger partial charge in [0.05, 0.1) is 35.1 Å². The first-order valence-electron chi connectivity index (χ1n) is 10.4. The van der Waals surface area contributed by atoms with Crippen LogP contribution in [0.4, 0.5) is 0 Å². The minimum Gasteiger partial charge on any atom is -0.493 e. The maximum Gasteiger partial charge on any atom is 0.246 e. The number of nitrogens with zero attached hydrogens (tertiary/aromatic N) is 3. The van der Waals surface area contributed by atoms with Gasteiger partial charge in [-0.2, -0.15) is 0 Å². The number of benzene rings is 2. The Morgan fingerprint density at radius 3 is 2.73 bits per heavy atom. The van der Waals surface area contributed by atoms with Crippen molar-refractivity contribution in [3.05, 3.63) is 76.1 Å². The number of para-hydroxylation sites is 1. The molecule has 0 aliphatic heterocycles. The van der Waals surface area contributed by atoms with Crippen molar-refractivity contribution in [3.63, 3.8) is 0 Å². The Labute approximate surface area is 196 Å². The zero-order chi connectivity index (χ0) is 23.4. The van der Waals surface area contributed by atoms with E-state index in [9.17, 15) is 4.79 Å². The molecule has 0 saturated heterocycles. The van der Waals surface area contributed by atoms with E-state index in [0.29, 0.717) is 24.7 Å². The Morgan fingerprint density at radius 2 is 2.00 bits per heavy atom. The fourth-order valence-corrected chi connectivity index (χ4v) is 4.35. The van der Waals surface area contributed by atoms with Gasteiger partial charge in [0.1, 0.15) is 17.4 Å². The summed E-state index contributed by atoms with van der Waals surface area (Å²) in [6, 6.07) is 13.5. The summed E-state index contributed by atoms with van der Waals surface area (Å²) < 4.78 is 17.7. The van der Waals surface area contributed by atoms with Gasteiger partial charge in [-0.3, -0.25) is 4.79 Å². The van der Waals surface area contributed by atoms with E-state index >= 15 is 0 Å². The normalized spacial score (nSPS) is 11.3. The highest BCUT2D eigenvalue weighted by atomic mass is 32.1. The summed E-state index contributed by atoms with van der Waals surface area (Å²) >= 11 is 1.60. The summed E-state index contributed by atoms with van der Waals surface area (Å²) in [5.74, 6) is 1.82. The molecule has 0 saturated carbocycles. The number of likely N-dealkylation sites (N-methyl/N-ethyl adjacent to an activating group) is 1. The quantitative estimate of drug-likeness (QED) is 0.336. The van der Waals surface area contributed by atoms with Crippen molar-refractivity contribution in [3.8, 4) is 11.5 Å². The lowest BCUT2D eigenvalue weighted by molar-refractivity contribution is -0.125. The van der Waals surface area contributed by atoms with Crippen LogP contribution in [0.5, 0.6) is 11.5 Å². The van der Waals surface area contributed by atoms with Gasteiger partial charge < -0.3 is 18.9 Å². The van der Waals surface area contributed by atoms with Gasteiger partial charge in [0.25, 0.3) is 0 Å². The predicted molar refractivity (Wildman–Crippen MR) is 128 cm³/mol. The molecule has 33 heavy (non-hydrogen) atoms. The van der Waals surface area contributed by atoms with E-state index in [1.807, 2.05) is 56.3 Å². The molecular weight excluding hydrogens is 438 g/mol. The van der Waals surface area contributed by atoms with Crippen LogP contribution in [0.2, 0.25) is 0 Å². The third-order valence-electron chi connectivity index (χ3n) is 5.25. The van der Waals surface area contributed by atoms with Gasteiger partial charge in [0, 0.05) is 13.1 Å². The van der Waals surface area contributed by atoms with Gasteiger partial charge in [-0.05, 0) is 49.8 Å². The molecule has 0 atom stereocenters. The molecule has 0 spiro atoms. The Bertz CT molecular complexity index is 1260. The Morgan fingerprint density at radius 1 is 1.18 bits per heavy atom. The summed E-state index contributed by atoms with van der Waals surface area (Å²) in [5, 5.41) is 4.85. The van der Waals surface area contributed by atoms with Crippen LogP contribution < -0.4 is 9.47 Å². The Hall–Kier alpha value is -3.65. The van der Waals surface area contributed by atoms with E-state index in [1.165, 1.54) is 0 Å². The van der Waals surface area contributed by atoms with Crippen molar-refractivity contribution < 1.29 is 18.8 Å². The zero-order valence-electron chi connectivity index (χ0n) is 19.0. The van der Waals surface area contributed by atoms with Crippen LogP contribution in [0.3, 0.4) is 0 Å². The van der Waals surface area contributed by atoms with E-state index in [-0.39, 0.29) is 5.91 Å². The van der Waals surface area contributed by atoms with Gasteiger partial charge >= 0.3 is 0 Å². The van der Waals surface area contributed by atoms with Crippen LogP contribution >= 0.6 is 11.3 Å². The molecular formula is C25H25N3O4S. The number of fused-ring (bicyclic) bond motifs is 1. The Balaban J connectivity index is 1.39. The van der Waals surface area contributed by atoms with Crippen molar-refractivity contribution in [2.24, 2.45) is 0 Å². The first-order valence-corrected chi connectivity index (χ1v) is 11.3. The molecule has 2 aromatic heterocycles. The van der Waals surface area contributed by atoms with E-state index in [2.05, 4.69) is 10.1 Å². The van der Waals surface area contributed by atoms with Crippen LogP contribution in [-0.2, 0) is 17.9 Å². The molecule has 0 N–H and O–H groups in total. The Kier molecular flexibility index (Phi) is 6.74. The lowest BCUT2D eigenvalue weighted by Crippen LogP contribution is -2.23. The number of rotatable bonds is 8. The summed E-state index contributed by atoms with van der Waals surface area (Å²) in [7, 11) is 3.35. The highest BCUT2D eigenvalue weighted by Crippen LogP contribution is 2.30. The molecule has 0 fully saturated rings. The fraction of sp³-hybridized carbons (Fsp3) is 0.240. The summed E-state index contributed by atoms with van der Waals surface area (Å²) in [4.78, 5) is 18.8. The number of thiazole rings is 1. The van der Waals surface area contributed by atoms with Gasteiger partial charge in [0.2, 0.25) is 5.91 Å². The third-order valence-corrected chi connectivity index (χ3v) is 6.27. The molecule has 0 unspecified atom stereocenters. The molecule has 2 aromatic carbocycles. The molecule has 2 heterocycles. The second-order valence-corrected chi connectivity index (χ2v) is 8.72. The number of aromatic nitrogens is 2.